The molecule has 0 aliphatic rings. The van der Waals surface area contributed by atoms with Gasteiger partial charge in [0.25, 0.3) is 11.1 Å². The molecule has 0 radical (unpaired) electrons. The lowest BCUT2D eigenvalue weighted by Gasteiger charge is -2.12. The number of nitrogens with zero attached hydrogens (tertiary/aromatic N) is 9. The lowest BCUT2D eigenvalue weighted by molar-refractivity contribution is -0.275. The average Bonchev–Trinajstić information content (AvgIpc) is 3.86. The molecule has 0 fully saturated rings. The highest BCUT2D eigenvalue weighted by molar-refractivity contribution is 5.72. The van der Waals surface area contributed by atoms with Gasteiger partial charge in [0.2, 0.25) is 0 Å². The zero-order valence-electron chi connectivity index (χ0n) is 37.7. The van der Waals surface area contributed by atoms with E-state index in [2.05, 4.69) is 34.4 Å². The van der Waals surface area contributed by atoms with Crippen molar-refractivity contribution in [2.24, 2.45) is 14.1 Å². The number of aryl methyl sites for hydroxylation is 2. The zero-order chi connectivity index (χ0) is 50.6. The van der Waals surface area contributed by atoms with E-state index in [9.17, 15) is 45.5 Å². The SMILES string of the molecule is COc1ccc(Cn2c(=O)c3c(nc(Cc4cccc(OC(F)(F)F)c4)n3Cc3ccccn3)n(C)c2=O)cc1.Cn1c(=O)[nH]c(=O)c2c1nc(Cc1cccc(OC(F)(F)F)c1)n2Cc1ccccn1. The molecule has 71 heavy (non-hydrogen) atoms. The minimum atomic E-state index is -4.84. The van der Waals surface area contributed by atoms with Crippen LogP contribution >= 0.6 is 0 Å². The lowest BCUT2D eigenvalue weighted by atomic mass is 10.1. The van der Waals surface area contributed by atoms with Gasteiger partial charge in [0, 0.05) is 39.3 Å². The third-order valence-electron chi connectivity index (χ3n) is 11.0. The van der Waals surface area contributed by atoms with Gasteiger partial charge in [-0.05, 0) is 77.4 Å². The molecular formula is C48H40F6N10O7. The molecule has 6 aromatic heterocycles. The number of alkyl halides is 6. The summed E-state index contributed by atoms with van der Waals surface area (Å²) in [5, 5.41) is 0. The molecule has 6 heterocycles. The Morgan fingerprint density at radius 2 is 1.06 bits per heavy atom. The number of benzene rings is 3. The van der Waals surface area contributed by atoms with Crippen LogP contribution in [0.2, 0.25) is 0 Å². The van der Waals surface area contributed by atoms with E-state index in [0.717, 1.165) is 10.1 Å². The molecule has 0 aliphatic heterocycles. The standard InChI is InChI=1S/C28H24F3N5O4.C20H16F3N5O3/c1-34-25-24(26(37)36(27(34)38)16-18-9-11-21(39-2)12-10-18)35(17-20-7-3-4-13-32-20)23(33-25)15-19-6-5-8-22(14-19)40-28(29,30)31;1-27-17-16(18(29)26-19(27)30)28(11-13-6-2-3-8-24-13)15(25-17)10-12-5-4-7-14(9-12)31-20(21,22)23/h3-14H,15-17H2,1-2H3;2-9H,10-11H2,1H3,(H,26,29,30). The topological polar surface area (TPSA) is 188 Å². The number of ether oxygens (including phenoxy) is 3. The van der Waals surface area contributed by atoms with Gasteiger partial charge in [-0.1, -0.05) is 48.5 Å². The van der Waals surface area contributed by atoms with Crippen LogP contribution in [-0.4, -0.2) is 67.6 Å². The van der Waals surface area contributed by atoms with Crippen LogP contribution in [0.5, 0.6) is 17.2 Å². The molecule has 1 N–H and O–H groups in total. The third-order valence-corrected chi connectivity index (χ3v) is 11.0. The van der Waals surface area contributed by atoms with Crippen LogP contribution in [-0.2, 0) is 46.6 Å². The quantitative estimate of drug-likeness (QED) is 0.129. The largest absolute Gasteiger partial charge is 0.573 e. The van der Waals surface area contributed by atoms with E-state index in [1.54, 1.807) is 101 Å². The number of halogens is 6. The number of nitrogens with one attached hydrogen (secondary N) is 1. The average molecular weight is 983 g/mol. The Morgan fingerprint density at radius 3 is 1.54 bits per heavy atom. The third kappa shape index (κ3) is 11.4. The first-order valence-corrected chi connectivity index (χ1v) is 21.3. The van der Waals surface area contributed by atoms with Crippen molar-refractivity contribution >= 4 is 22.3 Å². The number of H-pyrrole nitrogens is 1. The Hall–Kier alpha value is -8.76. The van der Waals surface area contributed by atoms with Crippen LogP contribution in [0, 0.1) is 0 Å². The Kier molecular flexibility index (Phi) is 13.8. The molecule has 23 heteroatoms. The molecular weight excluding hydrogens is 943 g/mol. The number of aromatic amines is 1. The van der Waals surface area contributed by atoms with Crippen molar-refractivity contribution in [3.8, 4) is 17.2 Å². The van der Waals surface area contributed by atoms with E-state index in [0.29, 0.717) is 39.9 Å². The monoisotopic (exact) mass is 982 g/mol. The smallest absolute Gasteiger partial charge is 0.497 e. The molecule has 0 bridgehead atoms. The first kappa shape index (κ1) is 48.7. The van der Waals surface area contributed by atoms with Crippen LogP contribution < -0.4 is 36.7 Å². The minimum Gasteiger partial charge on any atom is -0.497 e. The number of imidazole rings is 2. The molecule has 0 aliphatic carbocycles. The molecule has 0 spiro atoms. The van der Waals surface area contributed by atoms with Crippen LogP contribution in [0.1, 0.15) is 39.7 Å². The molecule has 0 saturated heterocycles. The van der Waals surface area contributed by atoms with Crippen LogP contribution in [0.15, 0.2) is 141 Å². The molecule has 9 aromatic rings. The summed E-state index contributed by atoms with van der Waals surface area (Å²) in [6.45, 7) is 0.362. The van der Waals surface area contributed by atoms with Crippen LogP contribution in [0.25, 0.3) is 22.3 Å². The molecule has 9 rings (SSSR count). The second-order valence-corrected chi connectivity index (χ2v) is 15.9. The van der Waals surface area contributed by atoms with Gasteiger partial charge in [-0.15, -0.1) is 26.3 Å². The maximum absolute atomic E-state index is 13.8. The fourth-order valence-electron chi connectivity index (χ4n) is 7.74. The second kappa shape index (κ2) is 20.1. The normalized spacial score (nSPS) is 11.7. The van der Waals surface area contributed by atoms with E-state index < -0.39 is 35.2 Å². The summed E-state index contributed by atoms with van der Waals surface area (Å²) in [7, 11) is 4.54. The van der Waals surface area contributed by atoms with Gasteiger partial charge < -0.3 is 23.3 Å². The van der Waals surface area contributed by atoms with Gasteiger partial charge in [-0.25, -0.2) is 19.6 Å². The summed E-state index contributed by atoms with van der Waals surface area (Å²) in [5.74, 6) is 0.673. The van der Waals surface area contributed by atoms with E-state index in [4.69, 9.17) is 4.74 Å². The number of methoxy groups -OCH3 is 1. The van der Waals surface area contributed by atoms with Gasteiger partial charge in [0.1, 0.15) is 28.9 Å². The van der Waals surface area contributed by atoms with Gasteiger partial charge in [0.05, 0.1) is 38.1 Å². The van der Waals surface area contributed by atoms with Crippen LogP contribution in [0.4, 0.5) is 26.3 Å². The van der Waals surface area contributed by atoms with E-state index in [1.807, 2.05) is 0 Å². The number of hydrogen-bond donors (Lipinski definition) is 1. The summed E-state index contributed by atoms with van der Waals surface area (Å²) in [4.78, 5) is 71.5. The van der Waals surface area contributed by atoms with Crippen molar-refractivity contribution < 1.29 is 40.6 Å². The highest BCUT2D eigenvalue weighted by atomic mass is 19.4. The predicted octanol–water partition coefficient (Wildman–Crippen LogP) is 6.24. The highest BCUT2D eigenvalue weighted by Crippen LogP contribution is 2.27. The Balaban J connectivity index is 0.000000197. The van der Waals surface area contributed by atoms with Crippen LogP contribution in [0.3, 0.4) is 0 Å². The summed E-state index contributed by atoms with van der Waals surface area (Å²) >= 11 is 0. The van der Waals surface area contributed by atoms with E-state index in [1.165, 1.54) is 59.6 Å². The molecule has 366 valence electrons. The molecule has 0 amide bonds. The molecule has 0 saturated carbocycles. The number of pyridine rings is 2. The first-order valence-electron chi connectivity index (χ1n) is 21.3. The number of rotatable bonds is 13. The maximum atomic E-state index is 13.8. The number of hydrogen-bond acceptors (Lipinski definition) is 11. The number of fused-ring (bicyclic) bond motifs is 2. The fraction of sp³-hybridized carbons (Fsp3) is 0.208. The van der Waals surface area contributed by atoms with E-state index >= 15 is 0 Å². The Labute approximate surface area is 396 Å². The van der Waals surface area contributed by atoms with Crippen molar-refractivity contribution in [1.82, 2.24) is 47.8 Å². The van der Waals surface area contributed by atoms with Crippen molar-refractivity contribution in [1.29, 1.82) is 0 Å². The number of aromatic nitrogens is 10. The zero-order valence-corrected chi connectivity index (χ0v) is 37.7. The highest BCUT2D eigenvalue weighted by Gasteiger charge is 2.32. The van der Waals surface area contributed by atoms with Gasteiger partial charge in [-0.2, -0.15) is 0 Å². The molecule has 0 unspecified atom stereocenters. The summed E-state index contributed by atoms with van der Waals surface area (Å²) in [6, 6.07) is 28.7. The van der Waals surface area contributed by atoms with Crippen molar-refractivity contribution in [2.45, 2.75) is 45.2 Å². The van der Waals surface area contributed by atoms with Crippen molar-refractivity contribution in [2.75, 3.05) is 7.11 Å². The summed E-state index contributed by atoms with van der Waals surface area (Å²) in [5.41, 5.74) is 1.31. The lowest BCUT2D eigenvalue weighted by Crippen LogP contribution is -2.40. The molecule has 0 atom stereocenters. The van der Waals surface area contributed by atoms with Gasteiger partial charge >= 0.3 is 24.1 Å². The van der Waals surface area contributed by atoms with E-state index in [-0.39, 0.29) is 66.3 Å². The van der Waals surface area contributed by atoms with Crippen molar-refractivity contribution in [3.05, 3.63) is 203 Å². The van der Waals surface area contributed by atoms with Crippen molar-refractivity contribution in [3.63, 3.8) is 0 Å². The Bertz CT molecular complexity index is 3600. The minimum absolute atomic E-state index is 0.0202. The first-order chi connectivity index (χ1) is 33.8. The second-order valence-electron chi connectivity index (χ2n) is 15.9. The summed E-state index contributed by atoms with van der Waals surface area (Å²) in [6.07, 6.45) is -6.25. The maximum Gasteiger partial charge on any atom is 0.573 e. The van der Waals surface area contributed by atoms with Gasteiger partial charge in [0.15, 0.2) is 22.3 Å². The van der Waals surface area contributed by atoms with Gasteiger partial charge in [-0.3, -0.25) is 38.2 Å². The predicted molar refractivity (Wildman–Crippen MR) is 245 cm³/mol. The molecule has 3 aromatic carbocycles. The fourth-order valence-corrected chi connectivity index (χ4v) is 7.74. The summed E-state index contributed by atoms with van der Waals surface area (Å²) < 4.78 is 96.1. The molecule has 17 nitrogen and oxygen atoms in total. The Morgan fingerprint density at radius 1 is 0.549 bits per heavy atom.